The summed E-state index contributed by atoms with van der Waals surface area (Å²) >= 11 is 0. The smallest absolute Gasteiger partial charge is 0.309 e. The lowest BCUT2D eigenvalue weighted by Gasteiger charge is -2.18. The van der Waals surface area contributed by atoms with Gasteiger partial charge in [-0.3, -0.25) is 9.59 Å². The minimum atomic E-state index is -1.18. The molecule has 2 N–H and O–H groups in total. The Bertz CT molecular complexity index is 463. The molecule has 98 valence electrons. The molecule has 4 nitrogen and oxygen atoms in total. The third kappa shape index (κ3) is 3.29. The molecule has 0 unspecified atom stereocenters. The average molecular weight is 253 g/mol. The monoisotopic (exact) mass is 253 g/mol. The highest BCUT2D eigenvalue weighted by Gasteiger charge is 2.30. The molecule has 0 aromatic heterocycles. The number of aryl methyl sites for hydroxylation is 1. The summed E-state index contributed by atoms with van der Waals surface area (Å²) in [5, 5.41) is 11.3. The maximum Gasteiger partial charge on any atom is 0.309 e. The minimum absolute atomic E-state index is 0.101. The van der Waals surface area contributed by atoms with Crippen molar-refractivity contribution in [2.75, 3.05) is 5.32 Å². The molecule has 1 amide bonds. The van der Waals surface area contributed by atoms with Crippen molar-refractivity contribution in [1.82, 2.24) is 0 Å². The number of amides is 1. The van der Waals surface area contributed by atoms with E-state index in [0.717, 1.165) is 0 Å². The number of carboxylic acids is 1. The van der Waals surface area contributed by atoms with Crippen LogP contribution >= 0.6 is 0 Å². The van der Waals surface area contributed by atoms with Crippen molar-refractivity contribution in [3.8, 4) is 0 Å². The van der Waals surface area contributed by atoms with E-state index in [9.17, 15) is 14.0 Å². The molecule has 0 aliphatic carbocycles. The molecule has 5 heteroatoms. The van der Waals surface area contributed by atoms with Crippen molar-refractivity contribution in [3.63, 3.8) is 0 Å². The van der Waals surface area contributed by atoms with Gasteiger partial charge in [-0.25, -0.2) is 4.39 Å². The van der Waals surface area contributed by atoms with E-state index in [2.05, 4.69) is 5.32 Å². The number of rotatable bonds is 4. The topological polar surface area (TPSA) is 66.4 Å². The Morgan fingerprint density at radius 1 is 1.39 bits per heavy atom. The van der Waals surface area contributed by atoms with Gasteiger partial charge >= 0.3 is 5.97 Å². The Balaban J connectivity index is 2.80. The fraction of sp³-hybridized carbons (Fsp3) is 0.385. The third-order valence-electron chi connectivity index (χ3n) is 2.67. The quantitative estimate of drug-likeness (QED) is 0.866. The highest BCUT2D eigenvalue weighted by atomic mass is 19.1. The number of benzene rings is 1. The van der Waals surface area contributed by atoms with Gasteiger partial charge in [0, 0.05) is 6.42 Å². The molecule has 0 radical (unpaired) electrons. The number of para-hydroxylation sites is 1. The number of nitrogens with one attached hydrogen (secondary N) is 1. The normalized spacial score (nSPS) is 11.1. The number of carboxylic acid groups (broad SMARTS) is 1. The first-order valence-electron chi connectivity index (χ1n) is 5.52. The number of halogens is 1. The first-order valence-corrected chi connectivity index (χ1v) is 5.52. The molecule has 0 atom stereocenters. The molecular formula is C13H16FNO3. The van der Waals surface area contributed by atoms with Crippen molar-refractivity contribution in [3.05, 3.63) is 29.6 Å². The molecule has 0 saturated heterocycles. The summed E-state index contributed by atoms with van der Waals surface area (Å²) in [6.07, 6.45) is -0.212. The predicted molar refractivity (Wildman–Crippen MR) is 65.8 cm³/mol. The molecule has 1 rings (SSSR count). The van der Waals surface area contributed by atoms with E-state index in [-0.39, 0.29) is 12.1 Å². The summed E-state index contributed by atoms with van der Waals surface area (Å²) in [5.41, 5.74) is -0.483. The Hall–Kier alpha value is -1.91. The highest BCUT2D eigenvalue weighted by molar-refractivity contribution is 5.94. The van der Waals surface area contributed by atoms with Crippen molar-refractivity contribution < 1.29 is 19.1 Å². The second kappa shape index (κ2) is 5.16. The molecule has 0 aliphatic heterocycles. The predicted octanol–water partition coefficient (Wildman–Crippen LogP) is 2.57. The maximum atomic E-state index is 13.5. The maximum absolute atomic E-state index is 13.5. The van der Waals surface area contributed by atoms with E-state index in [0.29, 0.717) is 5.56 Å². The molecular weight excluding hydrogens is 237 g/mol. The molecule has 0 bridgehead atoms. The average Bonchev–Trinajstić information content (AvgIpc) is 2.22. The molecule has 1 aromatic carbocycles. The second-order valence-corrected chi connectivity index (χ2v) is 4.85. The van der Waals surface area contributed by atoms with Crippen LogP contribution in [-0.2, 0) is 9.59 Å². The van der Waals surface area contributed by atoms with Crippen molar-refractivity contribution in [2.45, 2.75) is 27.2 Å². The van der Waals surface area contributed by atoms with E-state index >= 15 is 0 Å². The molecule has 0 fully saturated rings. The lowest BCUT2D eigenvalue weighted by Crippen LogP contribution is -2.29. The second-order valence-electron chi connectivity index (χ2n) is 4.85. The highest BCUT2D eigenvalue weighted by Crippen LogP contribution is 2.23. The SMILES string of the molecule is Cc1cccc(F)c1NC(=O)CC(C)(C)C(=O)O. The number of hydrogen-bond donors (Lipinski definition) is 2. The Morgan fingerprint density at radius 2 is 2.00 bits per heavy atom. The van der Waals surface area contributed by atoms with Crippen molar-refractivity contribution >= 4 is 17.6 Å². The summed E-state index contributed by atoms with van der Waals surface area (Å²) < 4.78 is 13.5. The summed E-state index contributed by atoms with van der Waals surface area (Å²) in [6, 6.07) is 4.45. The zero-order valence-corrected chi connectivity index (χ0v) is 10.6. The van der Waals surface area contributed by atoms with Crippen molar-refractivity contribution in [1.29, 1.82) is 0 Å². The van der Waals surface area contributed by atoms with Crippen LogP contribution in [-0.4, -0.2) is 17.0 Å². The van der Waals surface area contributed by atoms with Gasteiger partial charge in [-0.2, -0.15) is 0 Å². The standard InChI is InChI=1S/C13H16FNO3/c1-8-5-4-6-9(14)11(8)15-10(16)7-13(2,3)12(17)18/h4-6H,7H2,1-3H3,(H,15,16)(H,17,18). The van der Waals surface area contributed by atoms with Crippen LogP contribution in [0.3, 0.4) is 0 Å². The van der Waals surface area contributed by atoms with Crippen LogP contribution in [0.4, 0.5) is 10.1 Å². The van der Waals surface area contributed by atoms with Crippen LogP contribution in [0, 0.1) is 18.2 Å². The summed E-state index contributed by atoms with van der Waals surface area (Å²) in [6.45, 7) is 4.56. The van der Waals surface area contributed by atoms with Crippen LogP contribution in [0.2, 0.25) is 0 Å². The van der Waals surface area contributed by atoms with Crippen LogP contribution in [0.25, 0.3) is 0 Å². The summed E-state index contributed by atoms with van der Waals surface area (Å²) in [4.78, 5) is 22.6. The number of carbonyl (C=O) groups excluding carboxylic acids is 1. The van der Waals surface area contributed by atoms with Crippen LogP contribution in [0.15, 0.2) is 18.2 Å². The Labute approximate surface area is 105 Å². The molecule has 0 saturated carbocycles. The first-order chi connectivity index (χ1) is 8.24. The number of carbonyl (C=O) groups is 2. The molecule has 0 aliphatic rings. The van der Waals surface area contributed by atoms with Crippen LogP contribution in [0.1, 0.15) is 25.8 Å². The summed E-state index contributed by atoms with van der Waals surface area (Å²) in [5.74, 6) is -2.12. The number of aliphatic carboxylic acids is 1. The van der Waals surface area contributed by atoms with E-state index in [1.807, 2.05) is 0 Å². The molecule has 1 aromatic rings. The van der Waals surface area contributed by atoms with Crippen LogP contribution in [0.5, 0.6) is 0 Å². The van der Waals surface area contributed by atoms with Gasteiger partial charge in [0.2, 0.25) is 5.91 Å². The van der Waals surface area contributed by atoms with Gasteiger partial charge in [-0.05, 0) is 32.4 Å². The van der Waals surface area contributed by atoms with Gasteiger partial charge in [0.1, 0.15) is 5.82 Å². The van der Waals surface area contributed by atoms with Gasteiger partial charge in [0.15, 0.2) is 0 Å². The Morgan fingerprint density at radius 3 is 2.50 bits per heavy atom. The van der Waals surface area contributed by atoms with E-state index in [4.69, 9.17) is 5.11 Å². The fourth-order valence-corrected chi connectivity index (χ4v) is 1.45. The van der Waals surface area contributed by atoms with Crippen LogP contribution < -0.4 is 5.32 Å². The first kappa shape index (κ1) is 14.2. The lowest BCUT2D eigenvalue weighted by molar-refractivity contribution is -0.148. The summed E-state index contributed by atoms with van der Waals surface area (Å²) in [7, 11) is 0. The van der Waals surface area contributed by atoms with Gasteiger partial charge in [0.05, 0.1) is 11.1 Å². The minimum Gasteiger partial charge on any atom is -0.481 e. The molecule has 18 heavy (non-hydrogen) atoms. The molecule has 0 spiro atoms. The van der Waals surface area contributed by atoms with E-state index in [1.165, 1.54) is 19.9 Å². The zero-order chi connectivity index (χ0) is 13.9. The third-order valence-corrected chi connectivity index (χ3v) is 2.67. The Kier molecular flexibility index (Phi) is 4.06. The van der Waals surface area contributed by atoms with E-state index in [1.54, 1.807) is 19.1 Å². The fourth-order valence-electron chi connectivity index (χ4n) is 1.45. The van der Waals surface area contributed by atoms with Gasteiger partial charge in [0.25, 0.3) is 0 Å². The zero-order valence-electron chi connectivity index (χ0n) is 10.6. The van der Waals surface area contributed by atoms with Gasteiger partial charge in [-0.1, -0.05) is 12.1 Å². The van der Waals surface area contributed by atoms with Gasteiger partial charge in [-0.15, -0.1) is 0 Å². The van der Waals surface area contributed by atoms with E-state index < -0.39 is 23.1 Å². The molecule has 0 heterocycles. The number of anilines is 1. The lowest BCUT2D eigenvalue weighted by atomic mass is 9.89. The van der Waals surface area contributed by atoms with Gasteiger partial charge < -0.3 is 10.4 Å². The number of hydrogen-bond acceptors (Lipinski definition) is 2. The largest absolute Gasteiger partial charge is 0.481 e. The van der Waals surface area contributed by atoms with Crippen molar-refractivity contribution in [2.24, 2.45) is 5.41 Å².